The van der Waals surface area contributed by atoms with Gasteiger partial charge in [-0.25, -0.2) is 9.78 Å². The van der Waals surface area contributed by atoms with Crippen LogP contribution < -0.4 is 10.6 Å². The molecule has 0 bridgehead atoms. The van der Waals surface area contributed by atoms with Crippen molar-refractivity contribution in [3.8, 4) is 11.8 Å². The molecule has 0 unspecified atom stereocenters. The van der Waals surface area contributed by atoms with Gasteiger partial charge in [-0.3, -0.25) is 0 Å². The smallest absolute Gasteiger partial charge is 0.344 e. The lowest BCUT2D eigenvalue weighted by molar-refractivity contribution is -0.137. The Kier molecular flexibility index (Phi) is 10.1. The van der Waals surface area contributed by atoms with E-state index in [-0.39, 0.29) is 5.69 Å². The summed E-state index contributed by atoms with van der Waals surface area (Å²) in [7, 11) is 0. The van der Waals surface area contributed by atoms with Crippen molar-refractivity contribution in [3.05, 3.63) is 53.9 Å². The largest absolute Gasteiger partial charge is 0.416 e. The molecule has 0 aliphatic carbocycles. The van der Waals surface area contributed by atoms with Crippen molar-refractivity contribution in [2.45, 2.75) is 47.2 Å². The first-order valence-corrected chi connectivity index (χ1v) is 9.93. The summed E-state index contributed by atoms with van der Waals surface area (Å²) in [5, 5.41) is 5.79. The number of halogens is 3. The van der Waals surface area contributed by atoms with Crippen LogP contribution in [-0.4, -0.2) is 16.0 Å². The number of hydrogen-bond donors (Lipinski definition) is 3. The lowest BCUT2D eigenvalue weighted by Crippen LogP contribution is -2.19. The SMILES string of the molecule is CC.CC#Cc1cnc2[nH]cc(NC(=O)Nc3ccc(C(F)(F)F)cc3)c2c1.CCC. The number of benzene rings is 1. The minimum atomic E-state index is -4.42. The Balaban J connectivity index is 0.000000884. The van der Waals surface area contributed by atoms with E-state index in [1.54, 1.807) is 25.4 Å². The zero-order valence-corrected chi connectivity index (χ0v) is 18.2. The van der Waals surface area contributed by atoms with Crippen molar-refractivity contribution in [3.63, 3.8) is 0 Å². The molecule has 0 fully saturated rings. The average molecular weight is 432 g/mol. The number of hydrogen-bond acceptors (Lipinski definition) is 2. The van der Waals surface area contributed by atoms with Crippen LogP contribution in [0.5, 0.6) is 0 Å². The molecule has 3 rings (SSSR count). The second kappa shape index (κ2) is 12.3. The maximum atomic E-state index is 12.6. The lowest BCUT2D eigenvalue weighted by atomic mass is 10.2. The van der Waals surface area contributed by atoms with Gasteiger partial charge in [-0.2, -0.15) is 13.2 Å². The molecule has 31 heavy (non-hydrogen) atoms. The number of urea groups is 1. The number of nitrogens with one attached hydrogen (secondary N) is 3. The summed E-state index contributed by atoms with van der Waals surface area (Å²) in [5.41, 5.74) is 1.22. The molecular weight excluding hydrogens is 405 g/mol. The zero-order valence-electron chi connectivity index (χ0n) is 18.2. The fourth-order valence-corrected chi connectivity index (χ4v) is 2.35. The highest BCUT2D eigenvalue weighted by Crippen LogP contribution is 2.30. The monoisotopic (exact) mass is 432 g/mol. The fourth-order valence-electron chi connectivity index (χ4n) is 2.35. The molecule has 0 spiro atoms. The van der Waals surface area contributed by atoms with Crippen LogP contribution in [0.25, 0.3) is 11.0 Å². The van der Waals surface area contributed by atoms with Gasteiger partial charge in [0.15, 0.2) is 0 Å². The van der Waals surface area contributed by atoms with Crippen LogP contribution >= 0.6 is 0 Å². The van der Waals surface area contributed by atoms with E-state index in [0.29, 0.717) is 22.3 Å². The Hall–Kier alpha value is -3.47. The average Bonchev–Trinajstić information content (AvgIpc) is 3.12. The van der Waals surface area contributed by atoms with Gasteiger partial charge in [0, 0.05) is 29.0 Å². The van der Waals surface area contributed by atoms with E-state index in [9.17, 15) is 18.0 Å². The highest BCUT2D eigenvalue weighted by Gasteiger charge is 2.29. The Labute approximate surface area is 180 Å². The van der Waals surface area contributed by atoms with E-state index < -0.39 is 17.8 Å². The molecule has 1 aromatic carbocycles. The molecule has 8 heteroatoms. The van der Waals surface area contributed by atoms with Crippen molar-refractivity contribution in [2.24, 2.45) is 0 Å². The molecule has 166 valence electrons. The molecule has 3 aromatic rings. The summed E-state index contributed by atoms with van der Waals surface area (Å²) >= 11 is 0. The molecular formula is C23H27F3N4O. The molecule has 0 saturated heterocycles. The zero-order chi connectivity index (χ0) is 23.4. The van der Waals surface area contributed by atoms with Crippen molar-refractivity contribution in [1.82, 2.24) is 9.97 Å². The minimum Gasteiger partial charge on any atom is -0.344 e. The lowest BCUT2D eigenvalue weighted by Gasteiger charge is -2.09. The number of amides is 2. The van der Waals surface area contributed by atoms with Crippen molar-refractivity contribution in [2.75, 3.05) is 10.6 Å². The van der Waals surface area contributed by atoms with Gasteiger partial charge in [-0.15, -0.1) is 5.92 Å². The summed E-state index contributed by atoms with van der Waals surface area (Å²) < 4.78 is 37.7. The number of pyridine rings is 1. The Morgan fingerprint density at radius 1 is 1.13 bits per heavy atom. The fraction of sp³-hybridized carbons (Fsp3) is 0.304. The number of carbonyl (C=O) groups excluding carboxylic acids is 1. The topological polar surface area (TPSA) is 69.8 Å². The van der Waals surface area contributed by atoms with Gasteiger partial charge in [0.1, 0.15) is 5.65 Å². The van der Waals surface area contributed by atoms with Gasteiger partial charge in [0.25, 0.3) is 0 Å². The number of fused-ring (bicyclic) bond motifs is 1. The normalized spacial score (nSPS) is 9.94. The van der Waals surface area contributed by atoms with Gasteiger partial charge >= 0.3 is 12.2 Å². The highest BCUT2D eigenvalue weighted by atomic mass is 19.4. The number of aromatic amines is 1. The number of H-pyrrole nitrogens is 1. The number of alkyl halides is 3. The molecule has 2 amide bonds. The summed E-state index contributed by atoms with van der Waals surface area (Å²) in [6.45, 7) is 9.96. The Morgan fingerprint density at radius 3 is 2.29 bits per heavy atom. The Morgan fingerprint density at radius 2 is 1.74 bits per heavy atom. The number of nitrogens with zero attached hydrogens (tertiary/aromatic N) is 1. The first-order valence-electron chi connectivity index (χ1n) is 9.93. The predicted octanol–water partition coefficient (Wildman–Crippen LogP) is 7.04. The minimum absolute atomic E-state index is 0.242. The maximum absolute atomic E-state index is 12.6. The number of carbonyl (C=O) groups is 1. The number of anilines is 2. The van der Waals surface area contributed by atoms with Crippen LogP contribution in [0.15, 0.2) is 42.7 Å². The predicted molar refractivity (Wildman–Crippen MR) is 120 cm³/mol. The first kappa shape index (κ1) is 25.6. The van der Waals surface area contributed by atoms with Gasteiger partial charge in [0.05, 0.1) is 11.3 Å². The number of rotatable bonds is 2. The third kappa shape index (κ3) is 7.70. The molecule has 3 N–H and O–H groups in total. The van der Waals surface area contributed by atoms with E-state index in [1.807, 2.05) is 13.8 Å². The first-order chi connectivity index (χ1) is 14.8. The van der Waals surface area contributed by atoms with Crippen LogP contribution in [0.1, 0.15) is 52.2 Å². The third-order valence-corrected chi connectivity index (χ3v) is 3.52. The quantitative estimate of drug-likeness (QED) is 0.380. The van der Waals surface area contributed by atoms with Gasteiger partial charge in [-0.1, -0.05) is 40.0 Å². The third-order valence-electron chi connectivity index (χ3n) is 3.52. The van der Waals surface area contributed by atoms with E-state index in [2.05, 4.69) is 46.3 Å². The van der Waals surface area contributed by atoms with Crippen molar-refractivity contribution < 1.29 is 18.0 Å². The highest BCUT2D eigenvalue weighted by molar-refractivity contribution is 6.05. The van der Waals surface area contributed by atoms with Gasteiger partial charge < -0.3 is 15.6 Å². The van der Waals surface area contributed by atoms with Gasteiger partial charge in [-0.05, 0) is 37.3 Å². The van der Waals surface area contributed by atoms with Crippen LogP contribution in [-0.2, 0) is 6.18 Å². The molecule has 2 heterocycles. The van der Waals surface area contributed by atoms with E-state index in [1.165, 1.54) is 18.6 Å². The molecule has 5 nitrogen and oxygen atoms in total. The summed E-state index contributed by atoms with van der Waals surface area (Å²) in [4.78, 5) is 19.2. The van der Waals surface area contributed by atoms with Crippen molar-refractivity contribution >= 4 is 28.4 Å². The Bertz CT molecular complexity index is 1030. The standard InChI is InChI=1S/C18H13F3N4O.C3H8.C2H6/c1-2-3-11-8-14-15(10-23-16(14)22-9-11)25-17(26)24-13-6-4-12(5-7-13)18(19,20)21;1-3-2;1-2/h4-10H,1H3,(H,22,23)(H2,24,25,26);3H2,1-2H3;1-2H3. The van der Waals surface area contributed by atoms with Gasteiger partial charge in [0.2, 0.25) is 0 Å². The second-order valence-electron chi connectivity index (χ2n) is 6.06. The molecule has 2 aromatic heterocycles. The number of aromatic nitrogens is 2. The summed E-state index contributed by atoms with van der Waals surface area (Å²) in [6.07, 6.45) is 0.0193. The van der Waals surface area contributed by atoms with Crippen LogP contribution in [0.4, 0.5) is 29.3 Å². The summed E-state index contributed by atoms with van der Waals surface area (Å²) in [5.74, 6) is 5.65. The van der Waals surface area contributed by atoms with Crippen molar-refractivity contribution in [1.29, 1.82) is 0 Å². The van der Waals surface area contributed by atoms with E-state index >= 15 is 0 Å². The van der Waals surface area contributed by atoms with Crippen LogP contribution in [0.2, 0.25) is 0 Å². The van der Waals surface area contributed by atoms with E-state index in [0.717, 1.165) is 12.1 Å². The maximum Gasteiger partial charge on any atom is 0.416 e. The van der Waals surface area contributed by atoms with E-state index in [4.69, 9.17) is 0 Å². The molecule has 0 aliphatic heterocycles. The van der Waals surface area contributed by atoms with Crippen LogP contribution in [0.3, 0.4) is 0 Å². The molecule has 0 saturated carbocycles. The van der Waals surface area contributed by atoms with Crippen LogP contribution in [0, 0.1) is 11.8 Å². The summed E-state index contributed by atoms with van der Waals surface area (Å²) in [6, 6.07) is 5.38. The molecule has 0 atom stereocenters. The second-order valence-corrected chi connectivity index (χ2v) is 6.06. The molecule has 0 aliphatic rings. The molecule has 0 radical (unpaired) electrons.